The molecule has 0 amide bonds. The van der Waals surface area contributed by atoms with E-state index in [-0.39, 0.29) is 41.5 Å². The van der Waals surface area contributed by atoms with Crippen molar-refractivity contribution in [3.8, 4) is 0 Å². The molecule has 3 saturated heterocycles. The van der Waals surface area contributed by atoms with E-state index < -0.39 is 59.0 Å². The topological polar surface area (TPSA) is 112 Å². The van der Waals surface area contributed by atoms with E-state index in [4.69, 9.17) is 18.9 Å². The molecule has 0 aromatic heterocycles. The number of epoxide rings is 2. The van der Waals surface area contributed by atoms with Gasteiger partial charge in [-0.25, -0.2) is 0 Å². The van der Waals surface area contributed by atoms with Crippen molar-refractivity contribution in [3.63, 3.8) is 0 Å². The van der Waals surface area contributed by atoms with Crippen molar-refractivity contribution >= 4 is 23.1 Å². The summed E-state index contributed by atoms with van der Waals surface area (Å²) < 4.78 is 25.0. The molecule has 5 aliphatic heterocycles. The second-order valence-corrected chi connectivity index (χ2v) is 13.1. The Morgan fingerprint density at radius 2 is 1.43 bits per heavy atom. The molecule has 2 bridgehead atoms. The van der Waals surface area contributed by atoms with Gasteiger partial charge in [-0.3, -0.25) is 19.2 Å². The highest BCUT2D eigenvalue weighted by Crippen LogP contribution is 2.71. The van der Waals surface area contributed by atoms with Crippen LogP contribution >= 0.6 is 0 Å². The summed E-state index contributed by atoms with van der Waals surface area (Å²) in [4.78, 5) is 57.9. The first-order chi connectivity index (χ1) is 20.3. The van der Waals surface area contributed by atoms with Crippen molar-refractivity contribution in [2.45, 2.75) is 120 Å². The van der Waals surface area contributed by atoms with Crippen LogP contribution in [0.1, 0.15) is 78.1 Å². The van der Waals surface area contributed by atoms with Crippen molar-refractivity contribution in [2.24, 2.45) is 17.3 Å². The van der Waals surface area contributed by atoms with Crippen molar-refractivity contribution in [1.82, 2.24) is 0 Å². The van der Waals surface area contributed by atoms with Crippen LogP contribution in [0.15, 0.2) is 48.3 Å². The average Bonchev–Trinajstić information content (AvgIpc) is 3.90. The number of hydrogen-bond acceptors (Lipinski definition) is 8. The maximum absolute atomic E-state index is 15.2. The minimum Gasteiger partial charge on any atom is -0.497 e. The lowest BCUT2D eigenvalue weighted by Gasteiger charge is -2.63. The standard InChI is InChI=1S/C34H40O8/c1-5-9-11-13-19-24-27-22-21(28(37)32(15-7-3)30(41-32)26(22)36)23(20(40-27)14-12-10-6-2)34(24)18(17-39-19)25(35)29-33(42-29,16-8-4)31(34)38/h7-8,17,19-20,23-24,27,29-30H,3-6,9-16H2,1-2H3/t19-,20+,23?,24?,27?,29+,30+,32-,33+,34?/m1/s1. The van der Waals surface area contributed by atoms with E-state index in [1.54, 1.807) is 12.2 Å². The number of ether oxygens (including phenoxy) is 4. The summed E-state index contributed by atoms with van der Waals surface area (Å²) in [5, 5.41) is 0. The van der Waals surface area contributed by atoms with Gasteiger partial charge in [-0.05, 0) is 19.3 Å². The van der Waals surface area contributed by atoms with Gasteiger partial charge in [0.2, 0.25) is 0 Å². The number of carbonyl (C=O) groups excluding carboxylic acids is 4. The first kappa shape index (κ1) is 28.1. The molecule has 5 heterocycles. The van der Waals surface area contributed by atoms with E-state index in [1.165, 1.54) is 6.26 Å². The van der Waals surface area contributed by atoms with Gasteiger partial charge in [-0.2, -0.15) is 0 Å². The van der Waals surface area contributed by atoms with Crippen LogP contribution in [0, 0.1) is 17.3 Å². The van der Waals surface area contributed by atoms with Gasteiger partial charge in [-0.1, -0.05) is 58.1 Å². The highest BCUT2D eigenvalue weighted by atomic mass is 16.6. The Morgan fingerprint density at radius 3 is 2.10 bits per heavy atom. The normalized spacial score (nSPS) is 43.9. The molecule has 4 unspecified atom stereocenters. The van der Waals surface area contributed by atoms with E-state index in [9.17, 15) is 14.4 Å². The fraction of sp³-hybridized carbons (Fsp3) is 0.647. The van der Waals surface area contributed by atoms with E-state index in [2.05, 4.69) is 27.0 Å². The number of fused-ring (bicyclic) bond motifs is 3. The molecule has 3 aliphatic carbocycles. The number of hydrogen-bond donors (Lipinski definition) is 0. The molecular weight excluding hydrogens is 536 g/mol. The van der Waals surface area contributed by atoms with Crippen molar-refractivity contribution in [2.75, 3.05) is 0 Å². The molecular formula is C34H40O8. The number of carbonyl (C=O) groups is 4. The minimum absolute atomic E-state index is 0.193. The molecule has 1 spiro atoms. The smallest absolute Gasteiger partial charge is 0.195 e. The summed E-state index contributed by atoms with van der Waals surface area (Å²) in [7, 11) is 0. The zero-order valence-corrected chi connectivity index (χ0v) is 24.5. The van der Waals surface area contributed by atoms with Crippen molar-refractivity contribution in [1.29, 1.82) is 0 Å². The Kier molecular flexibility index (Phi) is 6.47. The third-order valence-corrected chi connectivity index (χ3v) is 11.0. The van der Waals surface area contributed by atoms with Gasteiger partial charge in [0.1, 0.15) is 6.10 Å². The second kappa shape index (κ2) is 9.66. The predicted octanol–water partition coefficient (Wildman–Crippen LogP) is 4.46. The maximum Gasteiger partial charge on any atom is 0.195 e. The molecule has 0 aromatic rings. The summed E-state index contributed by atoms with van der Waals surface area (Å²) >= 11 is 0. The molecule has 0 aromatic carbocycles. The number of ketones is 4. The van der Waals surface area contributed by atoms with Gasteiger partial charge in [0.15, 0.2) is 46.5 Å². The summed E-state index contributed by atoms with van der Waals surface area (Å²) in [6.45, 7) is 11.9. The largest absolute Gasteiger partial charge is 0.497 e. The van der Waals surface area contributed by atoms with E-state index in [0.717, 1.165) is 38.5 Å². The minimum atomic E-state index is -1.39. The van der Waals surface area contributed by atoms with E-state index in [0.29, 0.717) is 24.0 Å². The van der Waals surface area contributed by atoms with Crippen LogP contribution < -0.4 is 0 Å². The SMILES string of the molecule is C=CC[C@]12O[C@H]1C(=O)C1=C(C2=O)C2[C@H](CCCCC)OC1C1[C@@H](CCCCC)OC=C3C(=O)[C@@H]4O[C@]4(CC=C)C(=O)C321. The lowest BCUT2D eigenvalue weighted by atomic mass is 9.42. The quantitative estimate of drug-likeness (QED) is 0.190. The highest BCUT2D eigenvalue weighted by molar-refractivity contribution is 6.25. The molecule has 0 N–H and O–H groups in total. The molecule has 8 heteroatoms. The van der Waals surface area contributed by atoms with Gasteiger partial charge in [0, 0.05) is 41.4 Å². The lowest BCUT2D eigenvalue weighted by Crippen LogP contribution is -2.74. The van der Waals surface area contributed by atoms with Crippen LogP contribution in [0.25, 0.3) is 0 Å². The van der Waals surface area contributed by atoms with Crippen LogP contribution in [0.4, 0.5) is 0 Å². The Hall–Kier alpha value is -2.68. The Bertz CT molecular complexity index is 1360. The molecule has 8 aliphatic rings. The third-order valence-electron chi connectivity index (χ3n) is 11.0. The van der Waals surface area contributed by atoms with Crippen LogP contribution in [-0.2, 0) is 38.1 Å². The van der Waals surface area contributed by atoms with Gasteiger partial charge in [-0.15, -0.1) is 13.2 Å². The zero-order chi connectivity index (χ0) is 29.6. The first-order valence-electron chi connectivity index (χ1n) is 15.8. The Morgan fingerprint density at radius 1 is 0.810 bits per heavy atom. The Balaban J connectivity index is 1.46. The van der Waals surface area contributed by atoms with Crippen LogP contribution in [0.5, 0.6) is 0 Å². The fourth-order valence-corrected chi connectivity index (χ4v) is 9.15. The molecule has 8 rings (SSSR count). The number of unbranched alkanes of at least 4 members (excludes halogenated alkanes) is 4. The maximum atomic E-state index is 15.2. The Labute approximate surface area is 246 Å². The molecule has 4 fully saturated rings. The highest BCUT2D eigenvalue weighted by Gasteiger charge is 2.84. The summed E-state index contributed by atoms with van der Waals surface area (Å²) in [5.74, 6) is -2.42. The third kappa shape index (κ3) is 3.29. The summed E-state index contributed by atoms with van der Waals surface area (Å²) in [6, 6.07) is 0. The lowest BCUT2D eigenvalue weighted by molar-refractivity contribution is -0.212. The van der Waals surface area contributed by atoms with Gasteiger partial charge >= 0.3 is 0 Å². The average molecular weight is 577 g/mol. The van der Waals surface area contributed by atoms with E-state index in [1.807, 2.05) is 0 Å². The van der Waals surface area contributed by atoms with Gasteiger partial charge in [0.05, 0.1) is 23.9 Å². The molecule has 0 radical (unpaired) electrons. The van der Waals surface area contributed by atoms with Crippen LogP contribution in [0.2, 0.25) is 0 Å². The van der Waals surface area contributed by atoms with Crippen molar-refractivity contribution in [3.05, 3.63) is 48.3 Å². The monoisotopic (exact) mass is 576 g/mol. The van der Waals surface area contributed by atoms with Gasteiger partial charge in [0.25, 0.3) is 0 Å². The molecule has 1 saturated carbocycles. The number of rotatable bonds is 12. The summed E-state index contributed by atoms with van der Waals surface area (Å²) in [5.41, 5.74) is -3.06. The second-order valence-electron chi connectivity index (χ2n) is 13.1. The molecule has 42 heavy (non-hydrogen) atoms. The van der Waals surface area contributed by atoms with Gasteiger partial charge < -0.3 is 18.9 Å². The fourth-order valence-electron chi connectivity index (χ4n) is 9.15. The van der Waals surface area contributed by atoms with Crippen LogP contribution in [0.3, 0.4) is 0 Å². The van der Waals surface area contributed by atoms with Crippen molar-refractivity contribution < 1.29 is 38.1 Å². The predicted molar refractivity (Wildman–Crippen MR) is 151 cm³/mol. The number of Topliss-reactive ketones (excluding diaryl/α,β-unsaturated/α-hetero) is 4. The molecule has 10 atom stereocenters. The molecule has 8 nitrogen and oxygen atoms in total. The van der Waals surface area contributed by atoms with Crippen LogP contribution in [-0.4, -0.2) is 64.9 Å². The summed E-state index contributed by atoms with van der Waals surface area (Å²) in [6.07, 6.45) is 8.41. The van der Waals surface area contributed by atoms with E-state index >= 15 is 4.79 Å². The first-order valence-corrected chi connectivity index (χ1v) is 15.8. The molecule has 224 valence electrons. The zero-order valence-electron chi connectivity index (χ0n) is 24.5.